The van der Waals surface area contributed by atoms with Crippen LogP contribution in [0.1, 0.15) is 31.9 Å². The van der Waals surface area contributed by atoms with E-state index in [9.17, 15) is 4.79 Å². The molecule has 15 heavy (non-hydrogen) atoms. The second-order valence-corrected chi connectivity index (χ2v) is 3.87. The molecule has 0 saturated heterocycles. The maximum atomic E-state index is 11.1. The summed E-state index contributed by atoms with van der Waals surface area (Å²) in [6.07, 6.45) is 0. The average Bonchev–Trinajstić information content (AvgIpc) is 2.18. The maximum absolute atomic E-state index is 11.1. The van der Waals surface area contributed by atoms with Crippen molar-refractivity contribution in [1.29, 1.82) is 0 Å². The minimum atomic E-state index is -0.244. The summed E-state index contributed by atoms with van der Waals surface area (Å²) in [4.78, 5) is 15.4. The number of carbonyl (C=O) groups excluding carboxylic acids is 1. The van der Waals surface area contributed by atoms with E-state index in [2.05, 4.69) is 11.9 Å². The number of benzene rings is 1. The molecule has 80 valence electrons. The van der Waals surface area contributed by atoms with Gasteiger partial charge in [-0.05, 0) is 33.3 Å². The fourth-order valence-corrected chi connectivity index (χ4v) is 1.25. The number of aryl methyl sites for hydroxylation is 1. The van der Waals surface area contributed by atoms with Crippen molar-refractivity contribution in [3.8, 4) is 0 Å². The summed E-state index contributed by atoms with van der Waals surface area (Å²) in [5.41, 5.74) is 3.22. The molecule has 1 rings (SSSR count). The Kier molecular flexibility index (Phi) is 3.78. The molecular formula is C13H17NO. The van der Waals surface area contributed by atoms with Crippen LogP contribution in [0.2, 0.25) is 0 Å². The third kappa shape index (κ3) is 3.31. The molecule has 0 saturated carbocycles. The Bertz CT molecular complexity index is 376. The van der Waals surface area contributed by atoms with Crippen LogP contribution >= 0.6 is 0 Å². The summed E-state index contributed by atoms with van der Waals surface area (Å²) in [5.74, 6) is 0.0986. The van der Waals surface area contributed by atoms with Gasteiger partial charge >= 0.3 is 0 Å². The quantitative estimate of drug-likeness (QED) is 0.694. The molecule has 0 heterocycles. The van der Waals surface area contributed by atoms with Gasteiger partial charge in [0.2, 0.25) is 0 Å². The zero-order chi connectivity index (χ0) is 11.4. The Morgan fingerprint density at radius 2 is 1.73 bits per heavy atom. The highest BCUT2D eigenvalue weighted by molar-refractivity contribution is 6.00. The van der Waals surface area contributed by atoms with Gasteiger partial charge in [0, 0.05) is 5.71 Å². The van der Waals surface area contributed by atoms with Crippen molar-refractivity contribution in [3.63, 3.8) is 0 Å². The van der Waals surface area contributed by atoms with Crippen molar-refractivity contribution in [2.45, 2.75) is 33.7 Å². The fraction of sp³-hybridized carbons (Fsp3) is 0.385. The van der Waals surface area contributed by atoms with E-state index in [0.717, 1.165) is 11.3 Å². The van der Waals surface area contributed by atoms with Crippen LogP contribution in [-0.4, -0.2) is 17.5 Å². The Hall–Kier alpha value is -1.44. The van der Waals surface area contributed by atoms with Gasteiger partial charge in [-0.25, -0.2) is 0 Å². The molecule has 2 heteroatoms. The highest BCUT2D eigenvalue weighted by Crippen LogP contribution is 2.06. The van der Waals surface area contributed by atoms with Gasteiger partial charge in [-0.1, -0.05) is 29.8 Å². The highest BCUT2D eigenvalue weighted by atomic mass is 16.1. The van der Waals surface area contributed by atoms with E-state index in [1.54, 1.807) is 6.92 Å². The number of carbonyl (C=O) groups is 1. The van der Waals surface area contributed by atoms with Crippen LogP contribution in [0.5, 0.6) is 0 Å². The zero-order valence-electron chi connectivity index (χ0n) is 9.74. The van der Waals surface area contributed by atoms with Crippen LogP contribution in [-0.2, 0) is 4.79 Å². The molecule has 0 aliphatic heterocycles. The monoisotopic (exact) mass is 203 g/mol. The summed E-state index contributed by atoms with van der Waals surface area (Å²) < 4.78 is 0. The molecule has 0 fully saturated rings. The lowest BCUT2D eigenvalue weighted by Gasteiger charge is -2.05. The molecule has 1 atom stereocenters. The summed E-state index contributed by atoms with van der Waals surface area (Å²) in [6, 6.07) is 7.91. The number of nitrogens with zero attached hydrogens (tertiary/aromatic N) is 1. The Morgan fingerprint density at radius 3 is 2.20 bits per heavy atom. The van der Waals surface area contributed by atoms with E-state index in [1.165, 1.54) is 5.56 Å². The number of aliphatic imine (C=N–C) groups is 1. The second-order valence-electron chi connectivity index (χ2n) is 3.87. The lowest BCUT2D eigenvalue weighted by Crippen LogP contribution is -2.12. The van der Waals surface area contributed by atoms with E-state index >= 15 is 0 Å². The van der Waals surface area contributed by atoms with Crippen LogP contribution in [0.4, 0.5) is 0 Å². The standard InChI is InChI=1S/C13H17NO/c1-9-5-7-13(8-6-9)11(3)14-10(2)12(4)15/h5-8,10H,1-4H3. The Labute approximate surface area is 91.0 Å². The molecule has 2 nitrogen and oxygen atoms in total. The summed E-state index contributed by atoms with van der Waals surface area (Å²) in [5, 5.41) is 0. The predicted molar refractivity (Wildman–Crippen MR) is 63.5 cm³/mol. The number of hydrogen-bond acceptors (Lipinski definition) is 2. The minimum Gasteiger partial charge on any atom is -0.298 e. The largest absolute Gasteiger partial charge is 0.298 e. The van der Waals surface area contributed by atoms with Gasteiger partial charge in [-0.15, -0.1) is 0 Å². The first-order valence-corrected chi connectivity index (χ1v) is 5.12. The first-order valence-electron chi connectivity index (χ1n) is 5.12. The lowest BCUT2D eigenvalue weighted by molar-refractivity contribution is -0.117. The highest BCUT2D eigenvalue weighted by Gasteiger charge is 2.05. The number of ketones is 1. The van der Waals surface area contributed by atoms with Crippen LogP contribution in [0.3, 0.4) is 0 Å². The van der Waals surface area contributed by atoms with Gasteiger partial charge in [-0.2, -0.15) is 0 Å². The number of Topliss-reactive ketones (excluding diaryl/α,β-unsaturated/α-hetero) is 1. The molecule has 0 amide bonds. The summed E-state index contributed by atoms with van der Waals surface area (Å²) in [7, 11) is 0. The smallest absolute Gasteiger partial charge is 0.153 e. The molecular weight excluding hydrogens is 186 g/mol. The van der Waals surface area contributed by atoms with Crippen molar-refractivity contribution in [1.82, 2.24) is 0 Å². The van der Waals surface area contributed by atoms with Crippen molar-refractivity contribution >= 4 is 11.5 Å². The molecule has 0 radical (unpaired) electrons. The second kappa shape index (κ2) is 4.87. The summed E-state index contributed by atoms with van der Waals surface area (Å²) in [6.45, 7) is 7.37. The van der Waals surface area contributed by atoms with Gasteiger partial charge in [-0.3, -0.25) is 9.79 Å². The third-order valence-electron chi connectivity index (χ3n) is 2.44. The van der Waals surface area contributed by atoms with E-state index in [0.29, 0.717) is 0 Å². The Morgan fingerprint density at radius 1 is 1.20 bits per heavy atom. The lowest BCUT2D eigenvalue weighted by atomic mass is 10.1. The topological polar surface area (TPSA) is 29.4 Å². The van der Waals surface area contributed by atoms with Crippen LogP contribution in [0.25, 0.3) is 0 Å². The molecule has 0 aliphatic rings. The van der Waals surface area contributed by atoms with Crippen LogP contribution < -0.4 is 0 Å². The number of hydrogen-bond donors (Lipinski definition) is 0. The minimum absolute atomic E-state index is 0.0986. The predicted octanol–water partition coefficient (Wildman–Crippen LogP) is 2.78. The molecule has 1 unspecified atom stereocenters. The van der Waals surface area contributed by atoms with E-state index in [1.807, 2.05) is 38.1 Å². The van der Waals surface area contributed by atoms with Crippen molar-refractivity contribution in [2.24, 2.45) is 4.99 Å². The van der Waals surface area contributed by atoms with Gasteiger partial charge in [0.1, 0.15) is 6.04 Å². The van der Waals surface area contributed by atoms with E-state index < -0.39 is 0 Å². The first kappa shape index (κ1) is 11.6. The summed E-state index contributed by atoms with van der Waals surface area (Å²) >= 11 is 0. The van der Waals surface area contributed by atoms with Gasteiger partial charge in [0.15, 0.2) is 5.78 Å². The van der Waals surface area contributed by atoms with Gasteiger partial charge in [0.25, 0.3) is 0 Å². The zero-order valence-corrected chi connectivity index (χ0v) is 9.74. The van der Waals surface area contributed by atoms with E-state index in [4.69, 9.17) is 0 Å². The average molecular weight is 203 g/mol. The van der Waals surface area contributed by atoms with E-state index in [-0.39, 0.29) is 11.8 Å². The molecule has 1 aromatic rings. The van der Waals surface area contributed by atoms with Crippen LogP contribution in [0.15, 0.2) is 29.3 Å². The third-order valence-corrected chi connectivity index (χ3v) is 2.44. The molecule has 0 bridgehead atoms. The molecule has 0 aliphatic carbocycles. The maximum Gasteiger partial charge on any atom is 0.153 e. The van der Waals surface area contributed by atoms with Crippen molar-refractivity contribution in [3.05, 3.63) is 35.4 Å². The van der Waals surface area contributed by atoms with Gasteiger partial charge < -0.3 is 0 Å². The fourth-order valence-electron chi connectivity index (χ4n) is 1.25. The first-order chi connectivity index (χ1) is 7.00. The molecule has 0 N–H and O–H groups in total. The normalized spacial score (nSPS) is 13.7. The van der Waals surface area contributed by atoms with Crippen molar-refractivity contribution < 1.29 is 4.79 Å². The SMILES string of the molecule is CC(=O)C(C)N=C(C)c1ccc(C)cc1. The molecule has 0 spiro atoms. The molecule has 1 aromatic carbocycles. The number of rotatable bonds is 3. The van der Waals surface area contributed by atoms with Gasteiger partial charge in [0.05, 0.1) is 0 Å². The van der Waals surface area contributed by atoms with Crippen LogP contribution in [0, 0.1) is 6.92 Å². The molecule has 0 aromatic heterocycles. The Balaban J connectivity index is 2.89. The van der Waals surface area contributed by atoms with Crippen molar-refractivity contribution in [2.75, 3.05) is 0 Å².